The lowest BCUT2D eigenvalue weighted by Gasteiger charge is -2.10. The molecule has 0 atom stereocenters. The van der Waals surface area contributed by atoms with E-state index in [1.165, 1.54) is 7.11 Å². The van der Waals surface area contributed by atoms with Crippen LogP contribution in [0.15, 0.2) is 24.3 Å². The summed E-state index contributed by atoms with van der Waals surface area (Å²) in [5, 5.41) is 8.68. The Morgan fingerprint density at radius 2 is 2.10 bits per heavy atom. The van der Waals surface area contributed by atoms with Gasteiger partial charge in [0.25, 0.3) is 10.2 Å². The number of ether oxygens (including phenoxy) is 1. The summed E-state index contributed by atoms with van der Waals surface area (Å²) in [6.45, 7) is 0.447. The van der Waals surface area contributed by atoms with Gasteiger partial charge in [-0.3, -0.25) is 4.72 Å². The predicted molar refractivity (Wildman–Crippen MR) is 77.4 cm³/mol. The van der Waals surface area contributed by atoms with Crippen LogP contribution in [-0.2, 0) is 14.9 Å². The van der Waals surface area contributed by atoms with Crippen LogP contribution in [0.25, 0.3) is 0 Å². The monoisotopic (exact) mass is 298 g/mol. The summed E-state index contributed by atoms with van der Waals surface area (Å²) in [4.78, 5) is 0. The van der Waals surface area contributed by atoms with Crippen molar-refractivity contribution in [1.29, 1.82) is 0 Å². The van der Waals surface area contributed by atoms with Crippen LogP contribution in [0.5, 0.6) is 0 Å². The van der Waals surface area contributed by atoms with Gasteiger partial charge in [-0.05, 0) is 12.1 Å². The average molecular weight is 298 g/mol. The molecule has 0 heterocycles. The molecule has 0 unspecified atom stereocenters. The van der Waals surface area contributed by atoms with Crippen LogP contribution in [-0.4, -0.2) is 40.4 Å². The van der Waals surface area contributed by atoms with Crippen molar-refractivity contribution in [1.82, 2.24) is 4.72 Å². The van der Waals surface area contributed by atoms with Gasteiger partial charge in [-0.1, -0.05) is 24.0 Å². The number of hydrogen-bond acceptors (Lipinski definition) is 4. The molecule has 0 fully saturated rings. The molecule has 0 bridgehead atoms. The van der Waals surface area contributed by atoms with E-state index in [4.69, 9.17) is 9.84 Å². The van der Waals surface area contributed by atoms with E-state index in [1.54, 1.807) is 24.3 Å². The number of anilines is 1. The van der Waals surface area contributed by atoms with E-state index in [0.29, 0.717) is 24.3 Å². The number of rotatable bonds is 7. The molecule has 0 radical (unpaired) electrons. The van der Waals surface area contributed by atoms with Gasteiger partial charge in [-0.25, -0.2) is 0 Å². The van der Waals surface area contributed by atoms with E-state index in [9.17, 15) is 8.42 Å². The molecular weight excluding hydrogens is 280 g/mol. The minimum Gasteiger partial charge on any atom is -0.395 e. The summed E-state index contributed by atoms with van der Waals surface area (Å²) < 4.78 is 33.1. The van der Waals surface area contributed by atoms with Gasteiger partial charge in [0.05, 0.1) is 18.9 Å². The average Bonchev–Trinajstić information content (AvgIpc) is 2.41. The molecule has 6 nitrogen and oxygen atoms in total. The number of methoxy groups -OCH3 is 1. The Hall–Kier alpha value is -1.59. The van der Waals surface area contributed by atoms with Gasteiger partial charge in [-0.2, -0.15) is 13.1 Å². The zero-order chi connectivity index (χ0) is 14.8. The molecule has 0 amide bonds. The van der Waals surface area contributed by atoms with Gasteiger partial charge in [0.2, 0.25) is 0 Å². The van der Waals surface area contributed by atoms with E-state index in [-0.39, 0.29) is 13.2 Å². The van der Waals surface area contributed by atoms with Crippen molar-refractivity contribution < 1.29 is 18.3 Å². The molecule has 7 heteroatoms. The van der Waals surface area contributed by atoms with E-state index in [1.807, 2.05) is 0 Å². The lowest BCUT2D eigenvalue weighted by atomic mass is 10.2. The van der Waals surface area contributed by atoms with Crippen LogP contribution < -0.4 is 9.44 Å². The molecule has 3 N–H and O–H groups in total. The first kappa shape index (κ1) is 16.5. The van der Waals surface area contributed by atoms with Gasteiger partial charge in [-0.15, -0.1) is 0 Å². The van der Waals surface area contributed by atoms with Crippen molar-refractivity contribution in [3.63, 3.8) is 0 Å². The largest absolute Gasteiger partial charge is 0.395 e. The quantitative estimate of drug-likeness (QED) is 0.499. The predicted octanol–water partition coefficient (Wildman–Crippen LogP) is 0.313. The highest BCUT2D eigenvalue weighted by Crippen LogP contribution is 2.14. The second-order valence-corrected chi connectivity index (χ2v) is 5.31. The number of benzene rings is 1. The summed E-state index contributed by atoms with van der Waals surface area (Å²) in [5.41, 5.74) is 0.945. The molecule has 1 aromatic carbocycles. The van der Waals surface area contributed by atoms with Crippen LogP contribution in [0.4, 0.5) is 5.69 Å². The SMILES string of the molecule is COCCNS(=O)(=O)Nc1ccccc1C#CCCO. The second kappa shape index (κ2) is 8.55. The molecule has 0 saturated carbocycles. The molecule has 1 aromatic rings. The van der Waals surface area contributed by atoms with Gasteiger partial charge in [0.1, 0.15) is 0 Å². The zero-order valence-electron chi connectivity index (χ0n) is 11.2. The summed E-state index contributed by atoms with van der Waals surface area (Å²) in [6, 6.07) is 6.80. The number of aliphatic hydroxyl groups is 1. The summed E-state index contributed by atoms with van der Waals surface area (Å²) in [5.74, 6) is 5.57. The highest BCUT2D eigenvalue weighted by Gasteiger charge is 2.10. The van der Waals surface area contributed by atoms with Crippen molar-refractivity contribution in [3.05, 3.63) is 29.8 Å². The fourth-order valence-electron chi connectivity index (χ4n) is 1.35. The number of para-hydroxylation sites is 1. The van der Waals surface area contributed by atoms with Gasteiger partial charge >= 0.3 is 0 Å². The molecule has 0 spiro atoms. The highest BCUT2D eigenvalue weighted by molar-refractivity contribution is 7.90. The summed E-state index contributed by atoms with van der Waals surface area (Å²) in [7, 11) is -2.16. The molecule has 110 valence electrons. The third kappa shape index (κ3) is 6.04. The van der Waals surface area contributed by atoms with Crippen LogP contribution in [0, 0.1) is 11.8 Å². The standard InChI is InChI=1S/C13H18N2O4S/c1-19-11-9-14-20(17,18)15-13-8-3-2-6-12(13)7-4-5-10-16/h2-3,6,8,14-16H,5,9-11H2,1H3. The molecule has 0 aliphatic carbocycles. The topological polar surface area (TPSA) is 87.7 Å². The fraction of sp³-hybridized carbons (Fsp3) is 0.385. The van der Waals surface area contributed by atoms with E-state index in [0.717, 1.165) is 0 Å². The second-order valence-electron chi connectivity index (χ2n) is 3.81. The third-order valence-electron chi connectivity index (χ3n) is 2.23. The van der Waals surface area contributed by atoms with Gasteiger partial charge < -0.3 is 9.84 Å². The van der Waals surface area contributed by atoms with Crippen LogP contribution in [0.2, 0.25) is 0 Å². The molecule has 20 heavy (non-hydrogen) atoms. The number of aliphatic hydroxyl groups excluding tert-OH is 1. The number of nitrogens with one attached hydrogen (secondary N) is 2. The maximum absolute atomic E-state index is 11.8. The Balaban J connectivity index is 2.79. The molecule has 1 rings (SSSR count). The Labute approximate surface area is 119 Å². The van der Waals surface area contributed by atoms with Crippen molar-refractivity contribution in [2.75, 3.05) is 31.6 Å². The van der Waals surface area contributed by atoms with Gasteiger partial charge in [0, 0.05) is 25.6 Å². The lowest BCUT2D eigenvalue weighted by molar-refractivity contribution is 0.204. The van der Waals surface area contributed by atoms with Gasteiger partial charge in [0.15, 0.2) is 0 Å². The fourth-order valence-corrected chi connectivity index (χ4v) is 2.25. The number of hydrogen-bond donors (Lipinski definition) is 3. The smallest absolute Gasteiger partial charge is 0.299 e. The minimum atomic E-state index is -3.66. The van der Waals surface area contributed by atoms with Crippen LogP contribution >= 0.6 is 0 Å². The molecule has 0 saturated heterocycles. The minimum absolute atomic E-state index is 0.0283. The lowest BCUT2D eigenvalue weighted by Crippen LogP contribution is -2.32. The molecule has 0 aliphatic heterocycles. The van der Waals surface area contributed by atoms with Crippen molar-refractivity contribution in [3.8, 4) is 11.8 Å². The highest BCUT2D eigenvalue weighted by atomic mass is 32.2. The molecule has 0 aromatic heterocycles. The third-order valence-corrected chi connectivity index (χ3v) is 3.30. The Kier molecular flexibility index (Phi) is 7.04. The van der Waals surface area contributed by atoms with Crippen LogP contribution in [0.3, 0.4) is 0 Å². The first-order valence-electron chi connectivity index (χ1n) is 6.04. The maximum atomic E-state index is 11.8. The van der Waals surface area contributed by atoms with E-state index in [2.05, 4.69) is 21.3 Å². The normalized spacial score (nSPS) is 10.7. The molecule has 0 aliphatic rings. The Morgan fingerprint density at radius 3 is 2.80 bits per heavy atom. The molecular formula is C13H18N2O4S. The van der Waals surface area contributed by atoms with Crippen LogP contribution in [0.1, 0.15) is 12.0 Å². The summed E-state index contributed by atoms with van der Waals surface area (Å²) in [6.07, 6.45) is 0.340. The summed E-state index contributed by atoms with van der Waals surface area (Å²) >= 11 is 0. The Bertz CT molecular complexity index is 576. The maximum Gasteiger partial charge on any atom is 0.299 e. The van der Waals surface area contributed by atoms with Crippen molar-refractivity contribution in [2.24, 2.45) is 0 Å². The first-order chi connectivity index (χ1) is 9.59. The zero-order valence-corrected chi connectivity index (χ0v) is 12.0. The van der Waals surface area contributed by atoms with E-state index < -0.39 is 10.2 Å². The van der Waals surface area contributed by atoms with Crippen molar-refractivity contribution >= 4 is 15.9 Å². The van der Waals surface area contributed by atoms with E-state index >= 15 is 0 Å². The Morgan fingerprint density at radius 1 is 1.35 bits per heavy atom. The van der Waals surface area contributed by atoms with Crippen molar-refractivity contribution in [2.45, 2.75) is 6.42 Å². The first-order valence-corrected chi connectivity index (χ1v) is 7.52.